The number of fused-ring (bicyclic) bond motifs is 1. The van der Waals surface area contributed by atoms with Crippen molar-refractivity contribution >= 4 is 33.9 Å². The zero-order valence-electron chi connectivity index (χ0n) is 14.6. The maximum Gasteiger partial charge on any atom is 0.163 e. The Morgan fingerprint density at radius 3 is 2.52 bits per heavy atom. The number of ether oxygens (including phenoxy) is 2. The van der Waals surface area contributed by atoms with Crippen molar-refractivity contribution < 1.29 is 9.47 Å². The monoisotopic (exact) mass is 356 g/mol. The van der Waals surface area contributed by atoms with Gasteiger partial charge in [-0.25, -0.2) is 0 Å². The van der Waals surface area contributed by atoms with Crippen molar-refractivity contribution in [1.82, 2.24) is 4.98 Å². The SMILES string of the molecule is CCOc1ccc(Nc2ccnc3c(C)cc(Cl)cc23)cc1OCC. The summed E-state index contributed by atoms with van der Waals surface area (Å²) in [6.45, 7) is 7.10. The molecule has 1 N–H and O–H groups in total. The lowest BCUT2D eigenvalue weighted by molar-refractivity contribution is 0.288. The van der Waals surface area contributed by atoms with E-state index in [-0.39, 0.29) is 0 Å². The van der Waals surface area contributed by atoms with Gasteiger partial charge in [-0.3, -0.25) is 4.98 Å². The summed E-state index contributed by atoms with van der Waals surface area (Å²) >= 11 is 6.23. The van der Waals surface area contributed by atoms with Crippen LogP contribution in [-0.2, 0) is 0 Å². The third-order valence-corrected chi connectivity index (χ3v) is 4.04. The van der Waals surface area contributed by atoms with Crippen molar-refractivity contribution in [2.24, 2.45) is 0 Å². The lowest BCUT2D eigenvalue weighted by Crippen LogP contribution is -2.00. The van der Waals surface area contributed by atoms with Crippen LogP contribution in [0.2, 0.25) is 5.02 Å². The molecule has 25 heavy (non-hydrogen) atoms. The van der Waals surface area contributed by atoms with Crippen LogP contribution in [0.15, 0.2) is 42.6 Å². The zero-order valence-corrected chi connectivity index (χ0v) is 15.4. The van der Waals surface area contributed by atoms with E-state index in [2.05, 4.69) is 10.3 Å². The van der Waals surface area contributed by atoms with E-state index < -0.39 is 0 Å². The summed E-state index contributed by atoms with van der Waals surface area (Å²) in [5, 5.41) is 5.12. The molecule has 0 aliphatic carbocycles. The second-order valence-electron chi connectivity index (χ2n) is 5.63. The van der Waals surface area contributed by atoms with Crippen LogP contribution in [0.1, 0.15) is 19.4 Å². The van der Waals surface area contributed by atoms with E-state index in [9.17, 15) is 0 Å². The number of aromatic nitrogens is 1. The van der Waals surface area contributed by atoms with Crippen molar-refractivity contribution in [2.75, 3.05) is 18.5 Å². The number of pyridine rings is 1. The first-order chi connectivity index (χ1) is 12.1. The number of aryl methyl sites for hydroxylation is 1. The Morgan fingerprint density at radius 2 is 1.76 bits per heavy atom. The molecule has 0 fully saturated rings. The normalized spacial score (nSPS) is 10.7. The molecule has 4 nitrogen and oxygen atoms in total. The largest absolute Gasteiger partial charge is 0.490 e. The van der Waals surface area contributed by atoms with E-state index in [1.54, 1.807) is 6.20 Å². The molecule has 0 aliphatic rings. The molecule has 0 amide bonds. The zero-order chi connectivity index (χ0) is 17.8. The molecule has 1 aromatic heterocycles. The first-order valence-corrected chi connectivity index (χ1v) is 8.71. The molecular formula is C20H21ClN2O2. The number of hydrogen-bond donors (Lipinski definition) is 1. The minimum Gasteiger partial charge on any atom is -0.490 e. The minimum atomic E-state index is 0.580. The van der Waals surface area contributed by atoms with Gasteiger partial charge in [0.05, 0.1) is 18.7 Å². The lowest BCUT2D eigenvalue weighted by atomic mass is 10.1. The molecule has 3 rings (SSSR count). The van der Waals surface area contributed by atoms with Crippen LogP contribution in [-0.4, -0.2) is 18.2 Å². The van der Waals surface area contributed by atoms with E-state index in [0.717, 1.165) is 39.3 Å². The van der Waals surface area contributed by atoms with Crippen LogP contribution in [0.5, 0.6) is 11.5 Å². The minimum absolute atomic E-state index is 0.580. The number of nitrogens with zero attached hydrogens (tertiary/aromatic N) is 1. The third-order valence-electron chi connectivity index (χ3n) is 3.82. The summed E-state index contributed by atoms with van der Waals surface area (Å²) in [6, 6.07) is 11.6. The summed E-state index contributed by atoms with van der Waals surface area (Å²) in [4.78, 5) is 4.47. The Kier molecular flexibility index (Phi) is 5.29. The van der Waals surface area contributed by atoms with Crippen molar-refractivity contribution in [3.8, 4) is 11.5 Å². The molecule has 3 aromatic rings. The number of benzene rings is 2. The predicted molar refractivity (Wildman–Crippen MR) is 104 cm³/mol. The topological polar surface area (TPSA) is 43.4 Å². The highest BCUT2D eigenvalue weighted by Crippen LogP contribution is 2.34. The molecule has 0 radical (unpaired) electrons. The maximum atomic E-state index is 6.23. The quantitative estimate of drug-likeness (QED) is 0.611. The van der Waals surface area contributed by atoms with E-state index in [1.807, 2.05) is 57.2 Å². The molecule has 0 bridgehead atoms. The number of anilines is 2. The Morgan fingerprint density at radius 1 is 1.00 bits per heavy atom. The van der Waals surface area contributed by atoms with E-state index in [1.165, 1.54) is 0 Å². The number of hydrogen-bond acceptors (Lipinski definition) is 4. The van der Waals surface area contributed by atoms with Crippen molar-refractivity contribution in [3.63, 3.8) is 0 Å². The van der Waals surface area contributed by atoms with Gasteiger partial charge in [0.15, 0.2) is 11.5 Å². The first kappa shape index (κ1) is 17.4. The fraction of sp³-hybridized carbons (Fsp3) is 0.250. The summed E-state index contributed by atoms with van der Waals surface area (Å²) in [5.41, 5.74) is 3.84. The maximum absolute atomic E-state index is 6.23. The highest BCUT2D eigenvalue weighted by atomic mass is 35.5. The smallest absolute Gasteiger partial charge is 0.163 e. The van der Waals surface area contributed by atoms with Gasteiger partial charge in [0.1, 0.15) is 0 Å². The molecule has 0 saturated carbocycles. The van der Waals surface area contributed by atoms with Gasteiger partial charge in [-0.1, -0.05) is 11.6 Å². The van der Waals surface area contributed by atoms with Crippen LogP contribution in [0.4, 0.5) is 11.4 Å². The van der Waals surface area contributed by atoms with Gasteiger partial charge in [0, 0.05) is 34.0 Å². The molecule has 0 saturated heterocycles. The molecular weight excluding hydrogens is 336 g/mol. The van der Waals surface area contributed by atoms with E-state index in [0.29, 0.717) is 18.2 Å². The standard InChI is InChI=1S/C20H21ClN2O2/c1-4-24-18-7-6-15(12-19(18)25-5-2)23-17-8-9-22-20-13(3)10-14(21)11-16(17)20/h6-12H,4-5H2,1-3H3,(H,22,23). The Bertz CT molecular complexity index is 896. The molecule has 0 unspecified atom stereocenters. The van der Waals surface area contributed by atoms with Gasteiger partial charge in [0.25, 0.3) is 0 Å². The van der Waals surface area contributed by atoms with Crippen molar-refractivity contribution in [1.29, 1.82) is 0 Å². The lowest BCUT2D eigenvalue weighted by Gasteiger charge is -2.15. The molecule has 5 heteroatoms. The molecule has 0 spiro atoms. The van der Waals surface area contributed by atoms with E-state index >= 15 is 0 Å². The molecule has 1 heterocycles. The summed E-state index contributed by atoms with van der Waals surface area (Å²) in [6.07, 6.45) is 1.80. The van der Waals surface area contributed by atoms with Crippen LogP contribution >= 0.6 is 11.6 Å². The predicted octanol–water partition coefficient (Wildman–Crippen LogP) is 5.74. The summed E-state index contributed by atoms with van der Waals surface area (Å²) in [5.74, 6) is 1.47. The molecule has 0 aliphatic heterocycles. The fourth-order valence-corrected chi connectivity index (χ4v) is 3.05. The van der Waals surface area contributed by atoms with Crippen molar-refractivity contribution in [2.45, 2.75) is 20.8 Å². The second kappa shape index (κ2) is 7.62. The highest BCUT2D eigenvalue weighted by Gasteiger charge is 2.09. The Labute approximate surface area is 152 Å². The molecule has 130 valence electrons. The fourth-order valence-electron chi connectivity index (χ4n) is 2.78. The third kappa shape index (κ3) is 3.80. The second-order valence-corrected chi connectivity index (χ2v) is 6.07. The summed E-state index contributed by atoms with van der Waals surface area (Å²) < 4.78 is 11.3. The Hall–Kier alpha value is -2.46. The van der Waals surface area contributed by atoms with Gasteiger partial charge < -0.3 is 14.8 Å². The van der Waals surface area contributed by atoms with Gasteiger partial charge in [-0.05, 0) is 56.7 Å². The van der Waals surface area contributed by atoms with Gasteiger partial charge >= 0.3 is 0 Å². The van der Waals surface area contributed by atoms with Crippen LogP contribution in [0, 0.1) is 6.92 Å². The summed E-state index contributed by atoms with van der Waals surface area (Å²) in [7, 11) is 0. The average Bonchev–Trinajstić information content (AvgIpc) is 2.58. The van der Waals surface area contributed by atoms with Gasteiger partial charge in [-0.2, -0.15) is 0 Å². The number of nitrogens with one attached hydrogen (secondary N) is 1. The number of halogens is 1. The molecule has 2 aromatic carbocycles. The molecule has 0 atom stereocenters. The average molecular weight is 357 g/mol. The number of rotatable bonds is 6. The van der Waals surface area contributed by atoms with Crippen molar-refractivity contribution in [3.05, 3.63) is 53.2 Å². The van der Waals surface area contributed by atoms with Crippen LogP contribution in [0.25, 0.3) is 10.9 Å². The first-order valence-electron chi connectivity index (χ1n) is 8.34. The Balaban J connectivity index is 2.00. The van der Waals surface area contributed by atoms with Crippen LogP contribution in [0.3, 0.4) is 0 Å². The highest BCUT2D eigenvalue weighted by molar-refractivity contribution is 6.31. The van der Waals surface area contributed by atoms with Crippen LogP contribution < -0.4 is 14.8 Å². The van der Waals surface area contributed by atoms with Gasteiger partial charge in [-0.15, -0.1) is 0 Å². The van der Waals surface area contributed by atoms with E-state index in [4.69, 9.17) is 21.1 Å². The van der Waals surface area contributed by atoms with Gasteiger partial charge in [0.2, 0.25) is 0 Å².